The van der Waals surface area contributed by atoms with E-state index in [9.17, 15) is 14.4 Å². The Hall–Kier alpha value is -2.38. The van der Waals surface area contributed by atoms with Gasteiger partial charge in [0, 0.05) is 25.8 Å². The van der Waals surface area contributed by atoms with Gasteiger partial charge in [0.05, 0.1) is 23.6 Å². The number of piperidine rings is 1. The van der Waals surface area contributed by atoms with Crippen LogP contribution >= 0.6 is 0 Å². The van der Waals surface area contributed by atoms with Crippen molar-refractivity contribution in [2.24, 2.45) is 18.9 Å². The highest BCUT2D eigenvalue weighted by molar-refractivity contribution is 5.95. The predicted molar refractivity (Wildman–Crippen MR) is 70.7 cm³/mol. The Morgan fingerprint density at radius 3 is 2.33 bits per heavy atom. The molecule has 0 spiro atoms. The summed E-state index contributed by atoms with van der Waals surface area (Å²) in [5.74, 6) is -4.68. The summed E-state index contributed by atoms with van der Waals surface area (Å²) in [6, 6.07) is 0. The summed E-state index contributed by atoms with van der Waals surface area (Å²) in [6.07, 6.45) is 1.58. The molecule has 8 heteroatoms. The van der Waals surface area contributed by atoms with Gasteiger partial charge in [-0.1, -0.05) is 0 Å². The van der Waals surface area contributed by atoms with Gasteiger partial charge in [0.2, 0.25) is 0 Å². The molecule has 0 radical (unpaired) electrons. The Morgan fingerprint density at radius 1 is 1.24 bits per heavy atom. The average molecular weight is 295 g/mol. The molecule has 114 valence electrons. The van der Waals surface area contributed by atoms with E-state index in [0.29, 0.717) is 11.3 Å². The second kappa shape index (κ2) is 5.55. The Bertz CT molecular complexity index is 595. The molecule has 0 saturated carbocycles. The number of aryl methyl sites for hydroxylation is 1. The fourth-order valence-electron chi connectivity index (χ4n) is 2.56. The van der Waals surface area contributed by atoms with Crippen LogP contribution in [-0.2, 0) is 16.6 Å². The number of carbonyl (C=O) groups is 3. The van der Waals surface area contributed by atoms with E-state index in [1.165, 1.54) is 11.1 Å². The molecule has 8 nitrogen and oxygen atoms in total. The minimum atomic E-state index is -1.19. The lowest BCUT2D eigenvalue weighted by Gasteiger charge is -2.34. The lowest BCUT2D eigenvalue weighted by molar-refractivity contribution is -0.156. The van der Waals surface area contributed by atoms with Gasteiger partial charge in [0.15, 0.2) is 0 Å². The average Bonchev–Trinajstić information content (AvgIpc) is 2.77. The van der Waals surface area contributed by atoms with Crippen molar-refractivity contribution < 1.29 is 24.6 Å². The van der Waals surface area contributed by atoms with Crippen LogP contribution in [0.1, 0.15) is 22.5 Å². The van der Waals surface area contributed by atoms with Crippen molar-refractivity contribution in [2.75, 3.05) is 13.1 Å². The third-order valence-electron chi connectivity index (χ3n) is 4.00. The summed E-state index contributed by atoms with van der Waals surface area (Å²) in [7, 11) is 1.71. The molecule has 1 amide bonds. The molecule has 2 rings (SSSR count). The third kappa shape index (κ3) is 2.74. The number of carboxylic acid groups (broad SMARTS) is 2. The van der Waals surface area contributed by atoms with Gasteiger partial charge in [-0.05, 0) is 13.3 Å². The lowest BCUT2D eigenvalue weighted by Crippen LogP contribution is -2.48. The number of aliphatic carboxylic acids is 2. The Labute approximate surface area is 121 Å². The second-order valence-electron chi connectivity index (χ2n) is 5.20. The fraction of sp³-hybridized carbons (Fsp3) is 0.538. The van der Waals surface area contributed by atoms with Gasteiger partial charge in [-0.25, -0.2) is 0 Å². The van der Waals surface area contributed by atoms with Crippen LogP contribution in [-0.4, -0.2) is 55.8 Å². The standard InChI is InChI=1S/C13H17N3O5/c1-7-9(5-14-15(7)2)11(17)16-4-3-8(12(18)19)10(6-16)13(20)21/h5,8,10H,3-4,6H2,1-2H3,(H,18,19)(H,20,21). The SMILES string of the molecule is Cc1c(C(=O)N2CCC(C(=O)O)C(C(=O)O)C2)cnn1C. The summed E-state index contributed by atoms with van der Waals surface area (Å²) < 4.78 is 1.56. The van der Waals surface area contributed by atoms with Crippen LogP contribution in [0.5, 0.6) is 0 Å². The van der Waals surface area contributed by atoms with E-state index >= 15 is 0 Å². The Kier molecular flexibility index (Phi) is 3.97. The van der Waals surface area contributed by atoms with Gasteiger partial charge >= 0.3 is 11.9 Å². The van der Waals surface area contributed by atoms with Crippen LogP contribution in [0.15, 0.2) is 6.20 Å². The van der Waals surface area contributed by atoms with Crippen LogP contribution < -0.4 is 0 Å². The molecular formula is C13H17N3O5. The highest BCUT2D eigenvalue weighted by Crippen LogP contribution is 2.26. The maximum Gasteiger partial charge on any atom is 0.309 e. The lowest BCUT2D eigenvalue weighted by atomic mass is 9.85. The summed E-state index contributed by atoms with van der Waals surface area (Å²) in [4.78, 5) is 36.1. The zero-order valence-electron chi connectivity index (χ0n) is 11.8. The summed E-state index contributed by atoms with van der Waals surface area (Å²) in [6.45, 7) is 1.88. The minimum absolute atomic E-state index is 0.0978. The van der Waals surface area contributed by atoms with Crippen molar-refractivity contribution >= 4 is 17.8 Å². The van der Waals surface area contributed by atoms with Gasteiger partial charge in [-0.3, -0.25) is 19.1 Å². The van der Waals surface area contributed by atoms with E-state index < -0.39 is 23.8 Å². The maximum absolute atomic E-state index is 12.4. The largest absolute Gasteiger partial charge is 0.481 e. The van der Waals surface area contributed by atoms with Crippen molar-refractivity contribution in [1.29, 1.82) is 0 Å². The number of rotatable bonds is 3. The number of aromatic nitrogens is 2. The first kappa shape index (κ1) is 15.0. The van der Waals surface area contributed by atoms with Crippen molar-refractivity contribution in [2.45, 2.75) is 13.3 Å². The van der Waals surface area contributed by atoms with Gasteiger partial charge in [-0.2, -0.15) is 5.10 Å². The zero-order chi connectivity index (χ0) is 15.7. The zero-order valence-corrected chi connectivity index (χ0v) is 11.8. The molecule has 1 aliphatic heterocycles. The van der Waals surface area contributed by atoms with Gasteiger partial charge in [0.1, 0.15) is 0 Å². The fourth-order valence-corrected chi connectivity index (χ4v) is 2.56. The summed E-state index contributed by atoms with van der Waals surface area (Å²) >= 11 is 0. The molecule has 2 atom stereocenters. The smallest absolute Gasteiger partial charge is 0.309 e. The molecule has 2 unspecified atom stereocenters. The highest BCUT2D eigenvalue weighted by atomic mass is 16.4. The molecule has 21 heavy (non-hydrogen) atoms. The molecule has 1 saturated heterocycles. The van der Waals surface area contributed by atoms with Gasteiger partial charge < -0.3 is 15.1 Å². The van der Waals surface area contributed by atoms with E-state index in [2.05, 4.69) is 5.10 Å². The first-order valence-electron chi connectivity index (χ1n) is 6.56. The first-order chi connectivity index (χ1) is 9.82. The Morgan fingerprint density at radius 2 is 1.86 bits per heavy atom. The molecule has 0 aromatic carbocycles. The minimum Gasteiger partial charge on any atom is -0.481 e. The van der Waals surface area contributed by atoms with Crippen LogP contribution in [0.25, 0.3) is 0 Å². The number of likely N-dealkylation sites (tertiary alicyclic amines) is 1. The topological polar surface area (TPSA) is 113 Å². The van der Waals surface area contributed by atoms with Gasteiger partial charge in [-0.15, -0.1) is 0 Å². The van der Waals surface area contributed by atoms with Crippen molar-refractivity contribution in [3.8, 4) is 0 Å². The number of nitrogens with zero attached hydrogens (tertiary/aromatic N) is 3. The highest BCUT2D eigenvalue weighted by Gasteiger charge is 2.40. The van der Waals surface area contributed by atoms with Crippen molar-refractivity contribution in [3.05, 3.63) is 17.5 Å². The number of hydrogen-bond acceptors (Lipinski definition) is 4. The van der Waals surface area contributed by atoms with Crippen LogP contribution in [0.4, 0.5) is 0 Å². The number of hydrogen-bond donors (Lipinski definition) is 2. The monoisotopic (exact) mass is 295 g/mol. The molecule has 2 heterocycles. The normalized spacial score (nSPS) is 22.1. The molecule has 1 aromatic heterocycles. The number of carboxylic acids is 2. The second-order valence-corrected chi connectivity index (χ2v) is 5.20. The van der Waals surface area contributed by atoms with Crippen molar-refractivity contribution in [1.82, 2.24) is 14.7 Å². The predicted octanol–water partition coefficient (Wildman–Crippen LogP) is -0.0240. The van der Waals surface area contributed by atoms with E-state index in [4.69, 9.17) is 10.2 Å². The maximum atomic E-state index is 12.4. The molecule has 0 aliphatic carbocycles. The number of amides is 1. The molecule has 1 aliphatic rings. The third-order valence-corrected chi connectivity index (χ3v) is 4.00. The molecular weight excluding hydrogens is 278 g/mol. The van der Waals surface area contributed by atoms with Crippen molar-refractivity contribution in [3.63, 3.8) is 0 Å². The Balaban J connectivity index is 2.19. The molecule has 1 fully saturated rings. The van der Waals surface area contributed by atoms with E-state index in [-0.39, 0.29) is 25.4 Å². The summed E-state index contributed by atoms with van der Waals surface area (Å²) in [5.41, 5.74) is 1.10. The van der Waals surface area contributed by atoms with E-state index in [1.54, 1.807) is 18.7 Å². The van der Waals surface area contributed by atoms with E-state index in [1.807, 2.05) is 0 Å². The van der Waals surface area contributed by atoms with Crippen LogP contribution in [0, 0.1) is 18.8 Å². The quantitative estimate of drug-likeness (QED) is 0.810. The summed E-state index contributed by atoms with van der Waals surface area (Å²) in [5, 5.41) is 22.2. The van der Waals surface area contributed by atoms with Gasteiger partial charge in [0.25, 0.3) is 5.91 Å². The number of carbonyl (C=O) groups excluding carboxylic acids is 1. The van der Waals surface area contributed by atoms with E-state index in [0.717, 1.165) is 0 Å². The molecule has 2 N–H and O–H groups in total. The van der Waals surface area contributed by atoms with Crippen LogP contribution in [0.3, 0.4) is 0 Å². The molecule has 0 bridgehead atoms. The van der Waals surface area contributed by atoms with Crippen LogP contribution in [0.2, 0.25) is 0 Å². The molecule has 1 aromatic rings. The first-order valence-corrected chi connectivity index (χ1v) is 6.56.